The molecule has 3 nitrogen and oxygen atoms in total. The van der Waals surface area contributed by atoms with Gasteiger partial charge in [-0.3, -0.25) is 5.84 Å². The maximum atomic E-state index is 5.56. The molecule has 0 saturated heterocycles. The molecule has 2 heterocycles. The number of rotatable bonds is 1. The maximum Gasteiger partial charge on any atom is 0.0885 e. The van der Waals surface area contributed by atoms with Gasteiger partial charge in [0.1, 0.15) is 0 Å². The predicted molar refractivity (Wildman–Crippen MR) is 54.9 cm³/mol. The second-order valence-electron chi connectivity index (χ2n) is 3.46. The van der Waals surface area contributed by atoms with E-state index in [2.05, 4.69) is 34.4 Å². The molecule has 0 bridgehead atoms. The van der Waals surface area contributed by atoms with E-state index >= 15 is 0 Å². The van der Waals surface area contributed by atoms with Crippen LogP contribution in [0.4, 0.5) is 0 Å². The van der Waals surface area contributed by atoms with Gasteiger partial charge in [-0.05, 0) is 18.2 Å². The first-order chi connectivity index (χ1) is 6.92. The average Bonchev–Trinajstić information content (AvgIpc) is 2.77. The van der Waals surface area contributed by atoms with Crippen molar-refractivity contribution in [1.82, 2.24) is 9.99 Å². The molecule has 0 spiro atoms. The van der Waals surface area contributed by atoms with E-state index in [0.29, 0.717) is 0 Å². The first kappa shape index (κ1) is 7.79. The van der Waals surface area contributed by atoms with Crippen molar-refractivity contribution in [3.8, 4) is 5.69 Å². The fraction of sp³-hybridized carbons (Fsp3) is 0.0909. The number of nitrogens with one attached hydrogen (secondary N) is 1. The van der Waals surface area contributed by atoms with Gasteiger partial charge in [-0.1, -0.05) is 18.2 Å². The highest BCUT2D eigenvalue weighted by Crippen LogP contribution is 2.35. The van der Waals surface area contributed by atoms with Gasteiger partial charge in [0.2, 0.25) is 0 Å². The number of benzene rings is 1. The Kier molecular flexibility index (Phi) is 1.50. The van der Waals surface area contributed by atoms with E-state index < -0.39 is 0 Å². The third-order valence-electron chi connectivity index (χ3n) is 2.75. The standard InChI is InChI=1S/C11H11N3/c12-13-11-8-4-1-2-5-9(8)14-7-3-6-10(11)14/h1-7,11,13H,12H2. The average molecular weight is 185 g/mol. The topological polar surface area (TPSA) is 43.0 Å². The van der Waals surface area contributed by atoms with E-state index in [1.165, 1.54) is 16.9 Å². The second-order valence-corrected chi connectivity index (χ2v) is 3.46. The second kappa shape index (κ2) is 2.70. The summed E-state index contributed by atoms with van der Waals surface area (Å²) in [5, 5.41) is 0. The van der Waals surface area contributed by atoms with Crippen molar-refractivity contribution in [3.05, 3.63) is 53.9 Å². The number of nitrogens with zero attached hydrogens (tertiary/aromatic N) is 1. The summed E-state index contributed by atoms with van der Waals surface area (Å²) in [6.07, 6.45) is 2.06. The molecule has 2 aromatic rings. The smallest absolute Gasteiger partial charge is 0.0885 e. The Morgan fingerprint density at radius 3 is 2.86 bits per heavy atom. The van der Waals surface area contributed by atoms with Crippen molar-refractivity contribution in [3.63, 3.8) is 0 Å². The Labute approximate surface area is 82.1 Å². The van der Waals surface area contributed by atoms with E-state index in [1.54, 1.807) is 0 Å². The molecule has 1 atom stereocenters. The number of hydrogen-bond donors (Lipinski definition) is 2. The number of hydrogen-bond acceptors (Lipinski definition) is 2. The largest absolute Gasteiger partial charge is 0.319 e. The molecule has 3 rings (SSSR count). The highest BCUT2D eigenvalue weighted by Gasteiger charge is 2.26. The SMILES string of the molecule is NNC1c2ccccc2-n2cccc21. The van der Waals surface area contributed by atoms with E-state index in [1.807, 2.05) is 18.2 Å². The molecule has 1 aromatic heterocycles. The van der Waals surface area contributed by atoms with Gasteiger partial charge in [0.05, 0.1) is 11.7 Å². The van der Waals surface area contributed by atoms with Crippen LogP contribution in [0.3, 0.4) is 0 Å². The minimum absolute atomic E-state index is 0.126. The summed E-state index contributed by atoms with van der Waals surface area (Å²) < 4.78 is 2.17. The summed E-state index contributed by atoms with van der Waals surface area (Å²) in [7, 11) is 0. The first-order valence-electron chi connectivity index (χ1n) is 4.64. The zero-order valence-electron chi connectivity index (χ0n) is 7.64. The fourth-order valence-electron chi connectivity index (χ4n) is 2.13. The van der Waals surface area contributed by atoms with Crippen molar-refractivity contribution >= 4 is 0 Å². The number of nitrogens with two attached hydrogens (primary N) is 1. The van der Waals surface area contributed by atoms with Crippen molar-refractivity contribution in [2.45, 2.75) is 6.04 Å². The molecule has 0 fully saturated rings. The molecule has 0 amide bonds. The van der Waals surface area contributed by atoms with Crippen LogP contribution in [0.25, 0.3) is 5.69 Å². The zero-order valence-corrected chi connectivity index (χ0v) is 7.64. The number of aromatic nitrogens is 1. The van der Waals surface area contributed by atoms with E-state index in [9.17, 15) is 0 Å². The van der Waals surface area contributed by atoms with Gasteiger partial charge in [-0.2, -0.15) is 0 Å². The predicted octanol–water partition coefficient (Wildman–Crippen LogP) is 1.34. The highest BCUT2D eigenvalue weighted by molar-refractivity contribution is 5.53. The van der Waals surface area contributed by atoms with Gasteiger partial charge in [-0.25, -0.2) is 5.43 Å². The van der Waals surface area contributed by atoms with Crippen molar-refractivity contribution in [2.75, 3.05) is 0 Å². The molecule has 1 aliphatic rings. The molecule has 0 saturated carbocycles. The summed E-state index contributed by atoms with van der Waals surface area (Å²) in [4.78, 5) is 0. The fourth-order valence-corrected chi connectivity index (χ4v) is 2.13. The summed E-state index contributed by atoms with van der Waals surface area (Å²) in [6.45, 7) is 0. The molecular formula is C11H11N3. The minimum Gasteiger partial charge on any atom is -0.319 e. The Morgan fingerprint density at radius 1 is 1.14 bits per heavy atom. The van der Waals surface area contributed by atoms with Crippen molar-refractivity contribution in [2.24, 2.45) is 5.84 Å². The Morgan fingerprint density at radius 2 is 2.00 bits per heavy atom. The lowest BCUT2D eigenvalue weighted by Crippen LogP contribution is -2.27. The summed E-state index contributed by atoms with van der Waals surface area (Å²) in [5.41, 5.74) is 6.50. The van der Waals surface area contributed by atoms with Crippen LogP contribution >= 0.6 is 0 Å². The third-order valence-corrected chi connectivity index (χ3v) is 2.75. The lowest BCUT2D eigenvalue weighted by Gasteiger charge is -2.08. The molecule has 1 aromatic carbocycles. The Hall–Kier alpha value is -1.58. The van der Waals surface area contributed by atoms with Gasteiger partial charge in [0.25, 0.3) is 0 Å². The van der Waals surface area contributed by atoms with Crippen molar-refractivity contribution in [1.29, 1.82) is 0 Å². The highest BCUT2D eigenvalue weighted by atomic mass is 15.3. The lowest BCUT2D eigenvalue weighted by atomic mass is 10.1. The molecule has 0 aliphatic carbocycles. The maximum absolute atomic E-state index is 5.56. The van der Waals surface area contributed by atoms with Crippen LogP contribution in [0.1, 0.15) is 17.3 Å². The third kappa shape index (κ3) is 0.828. The summed E-state index contributed by atoms with van der Waals surface area (Å²) >= 11 is 0. The molecule has 0 radical (unpaired) electrons. The van der Waals surface area contributed by atoms with Crippen LogP contribution in [0.15, 0.2) is 42.6 Å². The van der Waals surface area contributed by atoms with Gasteiger partial charge in [0.15, 0.2) is 0 Å². The van der Waals surface area contributed by atoms with Crippen LogP contribution in [0.2, 0.25) is 0 Å². The molecule has 1 aliphatic heterocycles. The first-order valence-corrected chi connectivity index (χ1v) is 4.64. The van der Waals surface area contributed by atoms with E-state index in [0.717, 1.165) is 0 Å². The zero-order chi connectivity index (χ0) is 9.54. The van der Waals surface area contributed by atoms with Gasteiger partial charge >= 0.3 is 0 Å². The molecule has 3 heteroatoms. The molecule has 1 unspecified atom stereocenters. The minimum atomic E-state index is 0.126. The molecular weight excluding hydrogens is 174 g/mol. The number of fused-ring (bicyclic) bond motifs is 3. The summed E-state index contributed by atoms with van der Waals surface area (Å²) in [5.74, 6) is 5.56. The summed E-state index contributed by atoms with van der Waals surface area (Å²) in [6, 6.07) is 12.5. The van der Waals surface area contributed by atoms with Crippen molar-refractivity contribution < 1.29 is 0 Å². The van der Waals surface area contributed by atoms with Crippen LogP contribution in [0, 0.1) is 0 Å². The molecule has 70 valence electrons. The Balaban J connectivity index is 2.30. The monoisotopic (exact) mass is 185 g/mol. The number of hydrazine groups is 1. The quantitative estimate of drug-likeness (QED) is 0.520. The normalized spacial score (nSPS) is 17.9. The molecule has 3 N–H and O–H groups in total. The van der Waals surface area contributed by atoms with Gasteiger partial charge < -0.3 is 4.57 Å². The van der Waals surface area contributed by atoms with Crippen LogP contribution in [0.5, 0.6) is 0 Å². The van der Waals surface area contributed by atoms with E-state index in [4.69, 9.17) is 5.84 Å². The van der Waals surface area contributed by atoms with Crippen LogP contribution in [-0.4, -0.2) is 4.57 Å². The molecule has 14 heavy (non-hydrogen) atoms. The van der Waals surface area contributed by atoms with E-state index in [-0.39, 0.29) is 6.04 Å². The van der Waals surface area contributed by atoms with Gasteiger partial charge in [-0.15, -0.1) is 0 Å². The Bertz CT molecular complexity index is 473. The lowest BCUT2D eigenvalue weighted by molar-refractivity contribution is 0.638. The van der Waals surface area contributed by atoms with Gasteiger partial charge in [0, 0.05) is 17.5 Å². The number of para-hydroxylation sites is 1. The van der Waals surface area contributed by atoms with Crippen LogP contribution < -0.4 is 11.3 Å². The van der Waals surface area contributed by atoms with Crippen LogP contribution in [-0.2, 0) is 0 Å².